The molecule has 0 fully saturated rings. The van der Waals surface area contributed by atoms with Gasteiger partial charge < -0.3 is 10.5 Å². The van der Waals surface area contributed by atoms with Crippen LogP contribution in [0.25, 0.3) is 0 Å². The fourth-order valence-electron chi connectivity index (χ4n) is 2.04. The Balaban J connectivity index is 1.85. The zero-order valence-corrected chi connectivity index (χ0v) is 11.8. The minimum absolute atomic E-state index is 0.106. The number of aryl methyl sites for hydroxylation is 1. The van der Waals surface area contributed by atoms with Gasteiger partial charge in [0.1, 0.15) is 5.75 Å². The first-order valence-corrected chi connectivity index (χ1v) is 6.97. The summed E-state index contributed by atoms with van der Waals surface area (Å²) in [6.07, 6.45) is 1.74. The Kier molecular flexibility index (Phi) is 5.28. The van der Waals surface area contributed by atoms with Crippen molar-refractivity contribution < 1.29 is 13.5 Å². The number of hydrogen-bond acceptors (Lipinski definition) is 2. The van der Waals surface area contributed by atoms with Crippen molar-refractivity contribution in [3.63, 3.8) is 0 Å². The van der Waals surface area contributed by atoms with E-state index < -0.39 is 12.5 Å². The Morgan fingerprint density at radius 1 is 1.00 bits per heavy atom. The van der Waals surface area contributed by atoms with Gasteiger partial charge in [-0.15, -0.1) is 0 Å². The van der Waals surface area contributed by atoms with Gasteiger partial charge >= 0.3 is 0 Å². The Bertz CT molecular complexity index is 558. The molecule has 2 aromatic carbocycles. The predicted octanol–water partition coefficient (Wildman–Crippen LogP) is 3.75. The van der Waals surface area contributed by atoms with E-state index in [4.69, 9.17) is 10.5 Å². The van der Waals surface area contributed by atoms with Crippen molar-refractivity contribution in [1.29, 1.82) is 0 Å². The van der Waals surface area contributed by atoms with E-state index in [2.05, 4.69) is 12.1 Å². The van der Waals surface area contributed by atoms with Gasteiger partial charge in [0, 0.05) is 5.56 Å². The molecule has 0 radical (unpaired) electrons. The van der Waals surface area contributed by atoms with Gasteiger partial charge in [-0.1, -0.05) is 42.5 Å². The number of nitrogens with two attached hydrogens (primary N) is 1. The van der Waals surface area contributed by atoms with Crippen molar-refractivity contribution in [3.05, 3.63) is 65.7 Å². The summed E-state index contributed by atoms with van der Waals surface area (Å²) in [4.78, 5) is 0. The summed E-state index contributed by atoms with van der Waals surface area (Å²) < 4.78 is 32.5. The first-order valence-electron chi connectivity index (χ1n) is 6.97. The molecule has 21 heavy (non-hydrogen) atoms. The highest BCUT2D eigenvalue weighted by Crippen LogP contribution is 2.29. The second-order valence-electron chi connectivity index (χ2n) is 4.87. The number of alkyl halides is 2. The molecule has 4 heteroatoms. The van der Waals surface area contributed by atoms with E-state index in [1.807, 2.05) is 18.2 Å². The standard InChI is InChI=1S/C17H19F2NO/c18-17(19,13-20)15-9-4-10-16(12-15)21-11-5-8-14-6-2-1-3-7-14/h1-4,6-7,9-10,12H,5,8,11,13,20H2. The van der Waals surface area contributed by atoms with E-state index >= 15 is 0 Å². The summed E-state index contributed by atoms with van der Waals surface area (Å²) in [5, 5.41) is 0. The number of halogens is 2. The van der Waals surface area contributed by atoms with E-state index in [9.17, 15) is 8.78 Å². The zero-order valence-electron chi connectivity index (χ0n) is 11.8. The van der Waals surface area contributed by atoms with E-state index in [-0.39, 0.29) is 5.56 Å². The van der Waals surface area contributed by atoms with Gasteiger partial charge in [0.25, 0.3) is 5.92 Å². The lowest BCUT2D eigenvalue weighted by molar-refractivity contribution is 0.00571. The molecule has 0 aliphatic carbocycles. The average Bonchev–Trinajstić information content (AvgIpc) is 2.53. The number of hydrogen-bond donors (Lipinski definition) is 1. The average molecular weight is 291 g/mol. The van der Waals surface area contributed by atoms with Crippen LogP contribution < -0.4 is 10.5 Å². The summed E-state index contributed by atoms with van der Waals surface area (Å²) in [6, 6.07) is 16.0. The van der Waals surface area contributed by atoms with Gasteiger partial charge in [-0.2, -0.15) is 8.78 Å². The predicted molar refractivity (Wildman–Crippen MR) is 79.6 cm³/mol. The molecule has 0 atom stereocenters. The van der Waals surface area contributed by atoms with E-state index in [0.29, 0.717) is 12.4 Å². The smallest absolute Gasteiger partial charge is 0.285 e. The van der Waals surface area contributed by atoms with Crippen LogP contribution in [0.2, 0.25) is 0 Å². The van der Waals surface area contributed by atoms with Gasteiger partial charge in [-0.05, 0) is 30.5 Å². The van der Waals surface area contributed by atoms with Gasteiger partial charge in [0.05, 0.1) is 13.2 Å². The van der Waals surface area contributed by atoms with Crippen LogP contribution in [0.4, 0.5) is 8.78 Å². The third kappa shape index (κ3) is 4.53. The Morgan fingerprint density at radius 3 is 2.48 bits per heavy atom. The second-order valence-corrected chi connectivity index (χ2v) is 4.87. The summed E-state index contributed by atoms with van der Waals surface area (Å²) in [6.45, 7) is -0.211. The molecule has 0 heterocycles. The largest absolute Gasteiger partial charge is 0.494 e. The van der Waals surface area contributed by atoms with Gasteiger partial charge in [-0.25, -0.2) is 0 Å². The highest BCUT2D eigenvalue weighted by molar-refractivity contribution is 5.31. The van der Waals surface area contributed by atoms with Gasteiger partial charge in [0.15, 0.2) is 0 Å². The molecule has 0 bridgehead atoms. The zero-order chi connectivity index (χ0) is 15.1. The minimum atomic E-state index is -3.01. The molecule has 0 amide bonds. The van der Waals surface area contributed by atoms with Crippen molar-refractivity contribution in [2.75, 3.05) is 13.2 Å². The van der Waals surface area contributed by atoms with E-state index in [1.54, 1.807) is 12.1 Å². The molecule has 0 saturated heterocycles. The third-order valence-electron chi connectivity index (χ3n) is 3.23. The van der Waals surface area contributed by atoms with Crippen LogP contribution in [-0.2, 0) is 12.3 Å². The lowest BCUT2D eigenvalue weighted by Crippen LogP contribution is -2.25. The van der Waals surface area contributed by atoms with Gasteiger partial charge in [0.2, 0.25) is 0 Å². The number of ether oxygens (including phenoxy) is 1. The SMILES string of the molecule is NCC(F)(F)c1cccc(OCCCc2ccccc2)c1. The summed E-state index contributed by atoms with van der Waals surface area (Å²) in [7, 11) is 0. The fourth-order valence-corrected chi connectivity index (χ4v) is 2.04. The summed E-state index contributed by atoms with van der Waals surface area (Å²) in [5.74, 6) is -2.56. The van der Waals surface area contributed by atoms with Crippen LogP contribution in [0.3, 0.4) is 0 Å². The van der Waals surface area contributed by atoms with Crippen molar-refractivity contribution >= 4 is 0 Å². The molecule has 0 unspecified atom stereocenters. The maximum Gasteiger partial charge on any atom is 0.285 e. The molecule has 0 aliphatic rings. The van der Waals surface area contributed by atoms with Crippen molar-refractivity contribution in [1.82, 2.24) is 0 Å². The monoisotopic (exact) mass is 291 g/mol. The molecule has 112 valence electrons. The van der Waals surface area contributed by atoms with Crippen molar-refractivity contribution in [2.45, 2.75) is 18.8 Å². The highest BCUT2D eigenvalue weighted by atomic mass is 19.3. The molecule has 2 nitrogen and oxygen atoms in total. The summed E-state index contributed by atoms with van der Waals surface area (Å²) in [5.41, 5.74) is 6.22. The Labute approximate surface area is 123 Å². The maximum atomic E-state index is 13.5. The summed E-state index contributed by atoms with van der Waals surface area (Å²) >= 11 is 0. The second kappa shape index (κ2) is 7.18. The number of rotatable bonds is 7. The lowest BCUT2D eigenvalue weighted by Gasteiger charge is -2.15. The molecule has 0 saturated carbocycles. The van der Waals surface area contributed by atoms with Gasteiger partial charge in [-0.3, -0.25) is 0 Å². The molecule has 0 aromatic heterocycles. The normalized spacial score (nSPS) is 11.4. The Morgan fingerprint density at radius 2 is 1.76 bits per heavy atom. The topological polar surface area (TPSA) is 35.2 Å². The molecule has 0 spiro atoms. The van der Waals surface area contributed by atoms with Crippen LogP contribution in [0.15, 0.2) is 54.6 Å². The lowest BCUT2D eigenvalue weighted by atomic mass is 10.1. The van der Waals surface area contributed by atoms with E-state index in [0.717, 1.165) is 12.8 Å². The van der Waals surface area contributed by atoms with Crippen LogP contribution >= 0.6 is 0 Å². The minimum Gasteiger partial charge on any atom is -0.494 e. The maximum absolute atomic E-state index is 13.5. The molecule has 2 aromatic rings. The first-order chi connectivity index (χ1) is 10.1. The number of benzene rings is 2. The molecular weight excluding hydrogens is 272 g/mol. The molecule has 2 rings (SSSR count). The van der Waals surface area contributed by atoms with Crippen LogP contribution in [0, 0.1) is 0 Å². The molecular formula is C17H19F2NO. The molecule has 2 N–H and O–H groups in total. The van der Waals surface area contributed by atoms with Crippen molar-refractivity contribution in [3.8, 4) is 5.75 Å². The quantitative estimate of drug-likeness (QED) is 0.789. The van der Waals surface area contributed by atoms with E-state index in [1.165, 1.54) is 17.7 Å². The van der Waals surface area contributed by atoms with Crippen LogP contribution in [-0.4, -0.2) is 13.2 Å². The Hall–Kier alpha value is -1.94. The first kappa shape index (κ1) is 15.4. The van der Waals surface area contributed by atoms with Crippen LogP contribution in [0.1, 0.15) is 17.5 Å². The highest BCUT2D eigenvalue weighted by Gasteiger charge is 2.29. The molecule has 0 aliphatic heterocycles. The third-order valence-corrected chi connectivity index (χ3v) is 3.23. The van der Waals surface area contributed by atoms with Crippen molar-refractivity contribution in [2.24, 2.45) is 5.73 Å². The fraction of sp³-hybridized carbons (Fsp3) is 0.294. The van der Waals surface area contributed by atoms with Crippen LogP contribution in [0.5, 0.6) is 5.75 Å².